The van der Waals surface area contributed by atoms with Crippen molar-refractivity contribution >= 4 is 33.2 Å². The number of rotatable bonds is 10. The van der Waals surface area contributed by atoms with Crippen LogP contribution in [0.4, 0.5) is 5.69 Å². The van der Waals surface area contributed by atoms with E-state index < -0.39 is 9.84 Å². The summed E-state index contributed by atoms with van der Waals surface area (Å²) < 4.78 is 31.9. The zero-order valence-corrected chi connectivity index (χ0v) is 19.5. The first-order valence-electron chi connectivity index (χ1n) is 9.95. The number of aryl methyl sites for hydroxylation is 1. The lowest BCUT2D eigenvalue weighted by atomic mass is 10.2. The molecule has 2 aromatic carbocycles. The molecule has 0 bridgehead atoms. The maximum Gasteiger partial charge on any atom is 0.239 e. The summed E-state index contributed by atoms with van der Waals surface area (Å²) in [6, 6.07) is 17.2. The molecule has 1 aromatic heterocycles. The average Bonchev–Trinajstić information content (AvgIpc) is 2.81. The molecule has 2 N–H and O–H groups in total. The summed E-state index contributed by atoms with van der Waals surface area (Å²) in [5, 5.41) is 6.65. The first kappa shape index (κ1) is 23.6. The van der Waals surface area contributed by atoms with Gasteiger partial charge >= 0.3 is 0 Å². The number of nitrogens with zero attached hydrogens (tertiary/aromatic N) is 1. The van der Waals surface area contributed by atoms with Crippen LogP contribution in [0.25, 0.3) is 0 Å². The Morgan fingerprint density at radius 3 is 2.53 bits per heavy atom. The van der Waals surface area contributed by atoms with Crippen LogP contribution in [0.2, 0.25) is 0 Å². The first-order chi connectivity index (χ1) is 15.4. The van der Waals surface area contributed by atoms with Gasteiger partial charge in [0, 0.05) is 18.5 Å². The topological polar surface area (TPSA) is 97.4 Å². The van der Waals surface area contributed by atoms with E-state index in [1.165, 1.54) is 7.11 Å². The predicted molar refractivity (Wildman–Crippen MR) is 126 cm³/mol. The Kier molecular flexibility index (Phi) is 8.13. The van der Waals surface area contributed by atoms with E-state index in [2.05, 4.69) is 15.6 Å². The zero-order chi connectivity index (χ0) is 23.0. The second-order valence-corrected chi connectivity index (χ2v) is 9.88. The third-order valence-corrected chi connectivity index (χ3v) is 7.35. The Morgan fingerprint density at radius 1 is 1.06 bits per heavy atom. The highest BCUT2D eigenvalue weighted by atomic mass is 32.2. The number of ether oxygens (including phenoxy) is 1. The minimum absolute atomic E-state index is 0.00450. The molecule has 0 atom stereocenters. The van der Waals surface area contributed by atoms with Crippen LogP contribution in [0, 0.1) is 6.92 Å². The van der Waals surface area contributed by atoms with Crippen LogP contribution in [-0.2, 0) is 14.6 Å². The van der Waals surface area contributed by atoms with Crippen molar-refractivity contribution in [1.29, 1.82) is 0 Å². The van der Waals surface area contributed by atoms with Gasteiger partial charge in [-0.05, 0) is 43.3 Å². The molecule has 0 aliphatic carbocycles. The SMILES string of the molecule is COc1cccc(NCC(=O)NCCSc2ccccn2)c1S(=O)(=O)c1ccc(C)cc1. The molecule has 0 radical (unpaired) electrons. The summed E-state index contributed by atoms with van der Waals surface area (Å²) >= 11 is 1.54. The molecule has 0 fully saturated rings. The molecular formula is C23H25N3O4S2. The highest BCUT2D eigenvalue weighted by molar-refractivity contribution is 7.99. The summed E-state index contributed by atoms with van der Waals surface area (Å²) in [6.07, 6.45) is 1.72. The van der Waals surface area contributed by atoms with Crippen LogP contribution < -0.4 is 15.4 Å². The molecule has 3 rings (SSSR count). The Hall–Kier alpha value is -3.04. The van der Waals surface area contributed by atoms with Crippen molar-refractivity contribution in [1.82, 2.24) is 10.3 Å². The third-order valence-electron chi connectivity index (χ3n) is 4.55. The van der Waals surface area contributed by atoms with Gasteiger partial charge in [0.05, 0.1) is 29.3 Å². The lowest BCUT2D eigenvalue weighted by Crippen LogP contribution is -2.31. The summed E-state index contributed by atoms with van der Waals surface area (Å²) in [5.74, 6) is 0.644. The second kappa shape index (κ2) is 11.0. The van der Waals surface area contributed by atoms with E-state index in [1.807, 2.05) is 25.1 Å². The fourth-order valence-electron chi connectivity index (χ4n) is 2.94. The van der Waals surface area contributed by atoms with E-state index in [0.29, 0.717) is 18.0 Å². The summed E-state index contributed by atoms with van der Waals surface area (Å²) in [5.41, 5.74) is 1.27. The van der Waals surface area contributed by atoms with E-state index in [4.69, 9.17) is 4.74 Å². The molecule has 7 nitrogen and oxygen atoms in total. The first-order valence-corrected chi connectivity index (χ1v) is 12.4. The second-order valence-electron chi connectivity index (χ2n) is 6.87. The summed E-state index contributed by atoms with van der Waals surface area (Å²) in [4.78, 5) is 16.7. The minimum atomic E-state index is -3.86. The van der Waals surface area contributed by atoms with Gasteiger partial charge < -0.3 is 15.4 Å². The van der Waals surface area contributed by atoms with Gasteiger partial charge in [-0.3, -0.25) is 4.79 Å². The zero-order valence-electron chi connectivity index (χ0n) is 17.9. The van der Waals surface area contributed by atoms with Crippen LogP contribution in [0.1, 0.15) is 5.56 Å². The van der Waals surface area contributed by atoms with E-state index >= 15 is 0 Å². The molecule has 0 saturated carbocycles. The fourth-order valence-corrected chi connectivity index (χ4v) is 5.24. The molecule has 0 saturated heterocycles. The van der Waals surface area contributed by atoms with E-state index in [1.54, 1.807) is 60.4 Å². The Bertz CT molecular complexity index is 1150. The largest absolute Gasteiger partial charge is 0.495 e. The number of methoxy groups -OCH3 is 1. The number of amides is 1. The number of anilines is 1. The lowest BCUT2D eigenvalue weighted by Gasteiger charge is -2.16. The fraction of sp³-hybridized carbons (Fsp3) is 0.217. The van der Waals surface area contributed by atoms with Gasteiger partial charge in [0.15, 0.2) is 0 Å². The van der Waals surface area contributed by atoms with Crippen molar-refractivity contribution in [3.63, 3.8) is 0 Å². The maximum atomic E-state index is 13.3. The van der Waals surface area contributed by atoms with Gasteiger partial charge in [0.2, 0.25) is 15.7 Å². The number of benzene rings is 2. The lowest BCUT2D eigenvalue weighted by molar-refractivity contribution is -0.119. The Morgan fingerprint density at radius 2 is 1.84 bits per heavy atom. The molecular weight excluding hydrogens is 446 g/mol. The number of aromatic nitrogens is 1. The normalized spacial score (nSPS) is 11.1. The van der Waals surface area contributed by atoms with Gasteiger partial charge in [-0.1, -0.05) is 29.8 Å². The van der Waals surface area contributed by atoms with Gasteiger partial charge in [-0.25, -0.2) is 13.4 Å². The molecule has 0 aliphatic heterocycles. The number of pyridine rings is 1. The van der Waals surface area contributed by atoms with E-state index in [9.17, 15) is 13.2 Å². The van der Waals surface area contributed by atoms with Crippen LogP contribution >= 0.6 is 11.8 Å². The molecule has 32 heavy (non-hydrogen) atoms. The van der Waals surface area contributed by atoms with Crippen molar-refractivity contribution in [2.75, 3.05) is 31.3 Å². The van der Waals surface area contributed by atoms with Crippen molar-refractivity contribution in [3.05, 3.63) is 72.4 Å². The number of carbonyl (C=O) groups is 1. The molecule has 0 spiro atoms. The third kappa shape index (κ3) is 6.02. The van der Waals surface area contributed by atoms with Crippen molar-refractivity contribution in [2.24, 2.45) is 0 Å². The number of hydrogen-bond donors (Lipinski definition) is 2. The van der Waals surface area contributed by atoms with Crippen LogP contribution in [-0.4, -0.2) is 45.3 Å². The molecule has 1 heterocycles. The standard InChI is InChI=1S/C23H25N3O4S2/c1-17-9-11-18(12-10-17)32(28,29)23-19(6-5-7-20(23)30-2)26-16-21(27)24-14-15-31-22-8-3-4-13-25-22/h3-13,26H,14-16H2,1-2H3,(H,24,27). The number of carbonyl (C=O) groups excluding carboxylic acids is 1. The monoisotopic (exact) mass is 471 g/mol. The molecule has 3 aromatic rings. The van der Waals surface area contributed by atoms with Crippen LogP contribution in [0.5, 0.6) is 5.75 Å². The number of thioether (sulfide) groups is 1. The smallest absolute Gasteiger partial charge is 0.239 e. The maximum absolute atomic E-state index is 13.3. The summed E-state index contributed by atoms with van der Waals surface area (Å²) in [6.45, 7) is 2.28. The average molecular weight is 472 g/mol. The van der Waals surface area contributed by atoms with Crippen LogP contribution in [0.15, 0.2) is 81.7 Å². The van der Waals surface area contributed by atoms with Gasteiger partial charge in [-0.2, -0.15) is 0 Å². The number of nitrogens with one attached hydrogen (secondary N) is 2. The van der Waals surface area contributed by atoms with E-state index in [0.717, 1.165) is 10.6 Å². The number of sulfone groups is 1. The van der Waals surface area contributed by atoms with Crippen LogP contribution in [0.3, 0.4) is 0 Å². The Balaban J connectivity index is 1.66. The van der Waals surface area contributed by atoms with E-state index in [-0.39, 0.29) is 28.0 Å². The van der Waals surface area contributed by atoms with Crippen molar-refractivity contribution < 1.29 is 17.9 Å². The Labute approximate surface area is 192 Å². The quantitative estimate of drug-likeness (QED) is 0.345. The predicted octanol–water partition coefficient (Wildman–Crippen LogP) is 3.55. The van der Waals surface area contributed by atoms with Gasteiger partial charge in [0.1, 0.15) is 10.6 Å². The van der Waals surface area contributed by atoms with Gasteiger partial charge in [0.25, 0.3) is 0 Å². The van der Waals surface area contributed by atoms with Crippen molar-refractivity contribution in [2.45, 2.75) is 21.7 Å². The minimum Gasteiger partial charge on any atom is -0.495 e. The molecule has 168 valence electrons. The highest BCUT2D eigenvalue weighted by Crippen LogP contribution is 2.35. The van der Waals surface area contributed by atoms with Gasteiger partial charge in [-0.15, -0.1) is 11.8 Å². The molecule has 0 aliphatic rings. The molecule has 9 heteroatoms. The molecule has 1 amide bonds. The summed E-state index contributed by atoms with van der Waals surface area (Å²) in [7, 11) is -2.44. The highest BCUT2D eigenvalue weighted by Gasteiger charge is 2.26. The van der Waals surface area contributed by atoms with Crippen molar-refractivity contribution in [3.8, 4) is 5.75 Å². The molecule has 0 unspecified atom stereocenters. The number of hydrogen-bond acceptors (Lipinski definition) is 7.